The lowest BCUT2D eigenvalue weighted by Crippen LogP contribution is -2.23. The van der Waals surface area contributed by atoms with Crippen LogP contribution in [0.1, 0.15) is 103 Å². The maximum atomic E-state index is 11.2. The highest BCUT2D eigenvalue weighted by molar-refractivity contribution is 7.99. The molecule has 0 unspecified atom stereocenters. The SMILES string of the molecule is Cc1c(SCCCCCCC(C)(C)C(=O)O)nnc(SCCCCCCC(C)(C)C(=O)O)c1C. The third kappa shape index (κ3) is 11.0. The zero-order valence-electron chi connectivity index (χ0n) is 21.9. The predicted molar refractivity (Wildman–Crippen MR) is 142 cm³/mol. The Morgan fingerprint density at radius 2 is 0.971 bits per heavy atom. The lowest BCUT2D eigenvalue weighted by atomic mass is 9.87. The van der Waals surface area contributed by atoms with E-state index in [-0.39, 0.29) is 0 Å². The smallest absolute Gasteiger partial charge is 0.309 e. The van der Waals surface area contributed by atoms with Crippen LogP contribution in [0.5, 0.6) is 0 Å². The summed E-state index contributed by atoms with van der Waals surface area (Å²) in [5.41, 5.74) is 1.17. The molecule has 8 heteroatoms. The first-order valence-corrected chi connectivity index (χ1v) is 14.4. The zero-order chi connectivity index (χ0) is 25.8. The topological polar surface area (TPSA) is 100 Å². The quantitative estimate of drug-likeness (QED) is 0.155. The van der Waals surface area contributed by atoms with Crippen LogP contribution in [0.2, 0.25) is 0 Å². The number of aromatic nitrogens is 2. The summed E-state index contributed by atoms with van der Waals surface area (Å²) in [5.74, 6) is 0.572. The Hall–Kier alpha value is -1.28. The average molecular weight is 513 g/mol. The van der Waals surface area contributed by atoms with Gasteiger partial charge in [-0.1, -0.05) is 38.5 Å². The van der Waals surface area contributed by atoms with Crippen molar-refractivity contribution >= 4 is 35.5 Å². The molecule has 0 atom stereocenters. The van der Waals surface area contributed by atoms with Crippen molar-refractivity contribution in [2.24, 2.45) is 10.8 Å². The Morgan fingerprint density at radius 3 is 1.29 bits per heavy atom. The standard InChI is InChI=1S/C26H44N2O4S2/c1-19-20(2)22(34-18-14-10-8-12-16-26(5,6)24(31)32)28-27-21(19)33-17-13-9-7-11-15-25(3,4)23(29)30/h7-18H2,1-6H3,(H,29,30)(H,31,32). The molecular weight excluding hydrogens is 468 g/mol. The lowest BCUT2D eigenvalue weighted by Gasteiger charge is -2.18. The van der Waals surface area contributed by atoms with E-state index in [1.807, 2.05) is 0 Å². The summed E-state index contributed by atoms with van der Waals surface area (Å²) < 4.78 is 0. The maximum absolute atomic E-state index is 11.2. The fourth-order valence-electron chi connectivity index (χ4n) is 3.43. The van der Waals surface area contributed by atoms with Gasteiger partial charge in [-0.2, -0.15) is 0 Å². The average Bonchev–Trinajstić information content (AvgIpc) is 2.76. The minimum atomic E-state index is -0.716. The van der Waals surface area contributed by atoms with Gasteiger partial charge in [0.1, 0.15) is 10.1 Å². The first-order valence-electron chi connectivity index (χ1n) is 12.4. The van der Waals surface area contributed by atoms with Crippen LogP contribution in [0.15, 0.2) is 10.1 Å². The largest absolute Gasteiger partial charge is 0.481 e. The Morgan fingerprint density at radius 1 is 0.647 bits per heavy atom. The molecule has 0 saturated carbocycles. The Balaban J connectivity index is 2.26. The number of carboxylic acids is 2. The number of hydrogen-bond acceptors (Lipinski definition) is 6. The monoisotopic (exact) mass is 512 g/mol. The van der Waals surface area contributed by atoms with Crippen LogP contribution >= 0.6 is 23.5 Å². The Kier molecular flexibility index (Phi) is 13.5. The number of nitrogens with zero attached hydrogens (tertiary/aromatic N) is 2. The van der Waals surface area contributed by atoms with E-state index in [2.05, 4.69) is 24.0 Å². The molecule has 6 nitrogen and oxygen atoms in total. The molecule has 34 heavy (non-hydrogen) atoms. The molecule has 0 aliphatic carbocycles. The Labute approximate surface area is 214 Å². The van der Waals surface area contributed by atoms with Gasteiger partial charge >= 0.3 is 11.9 Å². The maximum Gasteiger partial charge on any atom is 0.309 e. The van der Waals surface area contributed by atoms with Crippen LogP contribution in [0.4, 0.5) is 0 Å². The lowest BCUT2D eigenvalue weighted by molar-refractivity contribution is -0.148. The van der Waals surface area contributed by atoms with E-state index in [4.69, 9.17) is 0 Å². The first-order chi connectivity index (χ1) is 15.9. The van der Waals surface area contributed by atoms with Gasteiger partial charge in [-0.05, 0) is 89.9 Å². The van der Waals surface area contributed by atoms with Gasteiger partial charge in [-0.25, -0.2) is 0 Å². The van der Waals surface area contributed by atoms with Crippen LogP contribution in [0.25, 0.3) is 0 Å². The van der Waals surface area contributed by atoms with E-state index in [1.54, 1.807) is 51.2 Å². The molecule has 1 rings (SSSR count). The zero-order valence-corrected chi connectivity index (χ0v) is 23.5. The van der Waals surface area contributed by atoms with Crippen LogP contribution in [-0.2, 0) is 9.59 Å². The molecule has 0 fully saturated rings. The number of carboxylic acid groups (broad SMARTS) is 2. The van der Waals surface area contributed by atoms with Crippen molar-refractivity contribution in [3.8, 4) is 0 Å². The second kappa shape index (κ2) is 15.0. The molecule has 0 aliphatic heterocycles. The highest BCUT2D eigenvalue weighted by Gasteiger charge is 2.26. The van der Waals surface area contributed by atoms with E-state index in [1.165, 1.54) is 11.1 Å². The van der Waals surface area contributed by atoms with Crippen molar-refractivity contribution in [2.75, 3.05) is 11.5 Å². The minimum Gasteiger partial charge on any atom is -0.481 e. The molecule has 0 spiro atoms. The number of carbonyl (C=O) groups is 2. The molecule has 1 heterocycles. The summed E-state index contributed by atoms with van der Waals surface area (Å²) in [4.78, 5) is 22.3. The number of unbranched alkanes of at least 4 members (excludes halogenated alkanes) is 6. The summed E-state index contributed by atoms with van der Waals surface area (Å²) in [7, 11) is 0. The van der Waals surface area contributed by atoms with E-state index in [0.717, 1.165) is 85.8 Å². The molecular formula is C26H44N2O4S2. The molecule has 194 valence electrons. The van der Waals surface area contributed by atoms with Gasteiger partial charge < -0.3 is 10.2 Å². The van der Waals surface area contributed by atoms with Gasteiger partial charge in [-0.3, -0.25) is 9.59 Å². The highest BCUT2D eigenvalue weighted by Crippen LogP contribution is 2.30. The van der Waals surface area contributed by atoms with Gasteiger partial charge in [0.15, 0.2) is 0 Å². The van der Waals surface area contributed by atoms with Gasteiger partial charge in [0, 0.05) is 0 Å². The summed E-state index contributed by atoms with van der Waals surface area (Å²) in [6.07, 6.45) is 9.88. The molecule has 1 aromatic rings. The first kappa shape index (κ1) is 30.8. The minimum absolute atomic E-state index is 0.627. The second-order valence-electron chi connectivity index (χ2n) is 10.5. The van der Waals surface area contributed by atoms with Crippen molar-refractivity contribution < 1.29 is 19.8 Å². The third-order valence-electron chi connectivity index (χ3n) is 6.46. The molecule has 2 N–H and O–H groups in total. The van der Waals surface area contributed by atoms with E-state index in [9.17, 15) is 19.8 Å². The van der Waals surface area contributed by atoms with Crippen LogP contribution < -0.4 is 0 Å². The number of hydrogen-bond donors (Lipinski definition) is 2. The fourth-order valence-corrected chi connectivity index (χ4v) is 5.45. The molecule has 0 aromatic carbocycles. The van der Waals surface area contributed by atoms with Crippen LogP contribution in [-0.4, -0.2) is 43.9 Å². The van der Waals surface area contributed by atoms with E-state index < -0.39 is 22.8 Å². The van der Waals surface area contributed by atoms with E-state index in [0.29, 0.717) is 0 Å². The molecule has 0 amide bonds. The molecule has 1 aromatic heterocycles. The van der Waals surface area contributed by atoms with Gasteiger partial charge in [-0.15, -0.1) is 33.7 Å². The van der Waals surface area contributed by atoms with Crippen molar-refractivity contribution in [3.63, 3.8) is 0 Å². The third-order valence-corrected chi connectivity index (χ3v) is 8.77. The number of rotatable bonds is 18. The van der Waals surface area contributed by atoms with E-state index >= 15 is 0 Å². The van der Waals surface area contributed by atoms with Crippen molar-refractivity contribution in [1.29, 1.82) is 0 Å². The summed E-state index contributed by atoms with van der Waals surface area (Å²) in [5, 5.41) is 29.3. The van der Waals surface area contributed by atoms with Crippen LogP contribution in [0.3, 0.4) is 0 Å². The summed E-state index contributed by atoms with van der Waals surface area (Å²) in [6, 6.07) is 0. The molecule has 0 bridgehead atoms. The second-order valence-corrected chi connectivity index (χ2v) is 12.6. The molecule has 0 radical (unpaired) electrons. The van der Waals surface area contributed by atoms with Crippen molar-refractivity contribution in [3.05, 3.63) is 11.1 Å². The molecule has 0 saturated heterocycles. The highest BCUT2D eigenvalue weighted by atomic mass is 32.2. The fraction of sp³-hybridized carbons (Fsp3) is 0.769. The normalized spacial score (nSPS) is 12.2. The van der Waals surface area contributed by atoms with Gasteiger partial charge in [0.2, 0.25) is 0 Å². The number of aliphatic carboxylic acids is 2. The van der Waals surface area contributed by atoms with Crippen molar-refractivity contribution in [1.82, 2.24) is 10.2 Å². The van der Waals surface area contributed by atoms with Gasteiger partial charge in [0.05, 0.1) is 10.8 Å². The summed E-state index contributed by atoms with van der Waals surface area (Å²) >= 11 is 3.52. The number of thioether (sulfide) groups is 2. The Bertz CT molecular complexity index is 732. The van der Waals surface area contributed by atoms with Crippen LogP contribution in [0, 0.1) is 24.7 Å². The van der Waals surface area contributed by atoms with Gasteiger partial charge in [0.25, 0.3) is 0 Å². The van der Waals surface area contributed by atoms with Crippen molar-refractivity contribution in [2.45, 2.75) is 116 Å². The summed E-state index contributed by atoms with van der Waals surface area (Å²) in [6.45, 7) is 11.4. The predicted octanol–water partition coefficient (Wildman–Crippen LogP) is 7.40. The molecule has 0 aliphatic rings.